The Morgan fingerprint density at radius 3 is 1.64 bits per heavy atom. The van der Waals surface area contributed by atoms with E-state index in [1.54, 1.807) is 5.57 Å². The van der Waals surface area contributed by atoms with Crippen molar-refractivity contribution in [2.24, 2.45) is 52.3 Å². The summed E-state index contributed by atoms with van der Waals surface area (Å²) in [4.78, 5) is 24.7. The van der Waals surface area contributed by atoms with Crippen LogP contribution in [0, 0.1) is 52.3 Å². The molecule has 0 aromatic heterocycles. The average molecular weight is 920 g/mol. The van der Waals surface area contributed by atoms with Gasteiger partial charge in [0.05, 0.1) is 6.61 Å². The molecule has 3 saturated carbocycles. The van der Waals surface area contributed by atoms with E-state index in [1.165, 1.54) is 199 Å². The highest BCUT2D eigenvalue weighted by atomic mass is 16.5. The van der Waals surface area contributed by atoms with Crippen molar-refractivity contribution in [3.05, 3.63) is 23.8 Å². The van der Waals surface area contributed by atoms with Gasteiger partial charge in [-0.3, -0.25) is 9.59 Å². The highest BCUT2D eigenvalue weighted by molar-refractivity contribution is 5.69. The second-order valence-electron chi connectivity index (χ2n) is 23.8. The van der Waals surface area contributed by atoms with Crippen LogP contribution in [0.2, 0.25) is 0 Å². The van der Waals surface area contributed by atoms with Gasteiger partial charge in [0, 0.05) is 19.3 Å². The normalized spacial score (nSPS) is 27.0. The van der Waals surface area contributed by atoms with Gasteiger partial charge in [0.25, 0.3) is 0 Å². The molecule has 9 atom stereocenters. The van der Waals surface area contributed by atoms with Gasteiger partial charge in [0.2, 0.25) is 0 Å². The van der Waals surface area contributed by atoms with Crippen LogP contribution in [0.5, 0.6) is 0 Å². The maximum Gasteiger partial charge on any atom is 0.305 e. The maximum absolute atomic E-state index is 12.6. The zero-order chi connectivity index (χ0) is 47.5. The van der Waals surface area contributed by atoms with Gasteiger partial charge in [-0.1, -0.05) is 239 Å². The lowest BCUT2D eigenvalue weighted by atomic mass is 9.47. The van der Waals surface area contributed by atoms with E-state index in [0.717, 1.165) is 55.8 Å². The van der Waals surface area contributed by atoms with Crippen molar-refractivity contribution in [1.29, 1.82) is 0 Å². The molecule has 382 valence electrons. The first kappa shape index (κ1) is 57.0. The van der Waals surface area contributed by atoms with E-state index >= 15 is 0 Å². The van der Waals surface area contributed by atoms with Crippen molar-refractivity contribution in [2.45, 2.75) is 299 Å². The lowest BCUT2D eigenvalue weighted by Crippen LogP contribution is -2.51. The van der Waals surface area contributed by atoms with Crippen LogP contribution in [0.15, 0.2) is 23.8 Å². The molecule has 4 nitrogen and oxygen atoms in total. The first-order valence-corrected chi connectivity index (χ1v) is 29.8. The molecule has 0 aromatic carbocycles. The van der Waals surface area contributed by atoms with E-state index in [9.17, 15) is 9.59 Å². The Morgan fingerprint density at radius 1 is 0.621 bits per heavy atom. The fraction of sp³-hybridized carbons (Fsp3) is 0.903. The van der Waals surface area contributed by atoms with Gasteiger partial charge >= 0.3 is 11.9 Å². The Kier molecular flexibility index (Phi) is 27.9. The summed E-state index contributed by atoms with van der Waals surface area (Å²) in [5, 5.41) is 0. The predicted octanol–water partition coefficient (Wildman–Crippen LogP) is 19.2. The van der Waals surface area contributed by atoms with Crippen LogP contribution in [0.25, 0.3) is 0 Å². The Hall–Kier alpha value is -1.58. The summed E-state index contributed by atoms with van der Waals surface area (Å²) in [5.74, 6) is 4.61. The first-order chi connectivity index (χ1) is 32.0. The summed E-state index contributed by atoms with van der Waals surface area (Å²) in [7, 11) is 0. The number of carbonyl (C=O) groups is 2. The lowest BCUT2D eigenvalue weighted by Gasteiger charge is -2.58. The number of esters is 2. The minimum atomic E-state index is -0.0446. The second kappa shape index (κ2) is 32.3. The maximum atomic E-state index is 12.6. The molecule has 0 radical (unpaired) electrons. The van der Waals surface area contributed by atoms with E-state index in [4.69, 9.17) is 9.47 Å². The molecule has 66 heavy (non-hydrogen) atoms. The summed E-state index contributed by atoms with van der Waals surface area (Å²) in [6.07, 6.45) is 57.3. The summed E-state index contributed by atoms with van der Waals surface area (Å²) in [6, 6.07) is 0. The minimum Gasteiger partial charge on any atom is -0.466 e. The van der Waals surface area contributed by atoms with Gasteiger partial charge in [-0.15, -0.1) is 0 Å². The highest BCUT2D eigenvalue weighted by Gasteiger charge is 2.59. The van der Waals surface area contributed by atoms with Crippen LogP contribution >= 0.6 is 0 Å². The van der Waals surface area contributed by atoms with Crippen molar-refractivity contribution < 1.29 is 19.1 Å². The molecule has 0 bridgehead atoms. The van der Waals surface area contributed by atoms with Crippen molar-refractivity contribution in [1.82, 2.24) is 0 Å². The van der Waals surface area contributed by atoms with Crippen molar-refractivity contribution in [2.75, 3.05) is 6.61 Å². The van der Waals surface area contributed by atoms with Crippen LogP contribution in [0.4, 0.5) is 0 Å². The summed E-state index contributed by atoms with van der Waals surface area (Å²) >= 11 is 0. The third kappa shape index (κ3) is 19.3. The largest absolute Gasteiger partial charge is 0.466 e. The molecule has 0 aromatic rings. The quantitative estimate of drug-likeness (QED) is 0.0354. The van der Waals surface area contributed by atoms with Gasteiger partial charge in [-0.25, -0.2) is 0 Å². The third-order valence-corrected chi connectivity index (χ3v) is 18.6. The molecular formula is C62H110O4. The fourth-order valence-corrected chi connectivity index (χ4v) is 14.1. The number of rotatable bonds is 37. The number of hydrogen-bond donors (Lipinski definition) is 0. The number of hydrogen-bond acceptors (Lipinski definition) is 4. The Bertz CT molecular complexity index is 1360. The topological polar surface area (TPSA) is 52.6 Å². The van der Waals surface area contributed by atoms with Gasteiger partial charge in [-0.05, 0) is 110 Å². The molecule has 3 fully saturated rings. The number of ether oxygens (including phenoxy) is 2. The first-order valence-electron chi connectivity index (χ1n) is 29.8. The summed E-state index contributed by atoms with van der Waals surface area (Å²) in [6.45, 7) is 17.1. The Labute approximate surface area is 410 Å². The molecule has 0 saturated heterocycles. The smallest absolute Gasteiger partial charge is 0.305 e. The molecule has 4 rings (SSSR count). The van der Waals surface area contributed by atoms with Crippen LogP contribution < -0.4 is 0 Å². The second-order valence-corrected chi connectivity index (χ2v) is 23.8. The molecule has 0 heterocycles. The van der Waals surface area contributed by atoms with E-state index in [0.29, 0.717) is 42.6 Å². The minimum absolute atomic E-state index is 0.00137. The summed E-state index contributed by atoms with van der Waals surface area (Å²) in [5.41, 5.74) is 2.28. The standard InChI is InChI=1S/C62H110O4/c1-8-10-11-12-13-14-15-16-17-18-19-20-21-22-23-24-25-26-27-28-29-30-31-32-33-34-35-36-60(64)65-48-45-52(50(3)4)38-37-51(5)56-41-42-57-55-40-39-53-49-54(66-59(63)9-2)43-46-61(53,6)58(55)44-47-62(56,57)7/h37-39,50-52,54-58H,8-36,40-49H2,1-7H3/b38-37+/t51-,52+,54+,55+,56-,57+,58+,61+,62-/m1/s1. The van der Waals surface area contributed by atoms with Crippen LogP contribution in [-0.2, 0) is 19.1 Å². The van der Waals surface area contributed by atoms with Gasteiger partial charge in [0.15, 0.2) is 0 Å². The van der Waals surface area contributed by atoms with E-state index in [1.807, 2.05) is 6.92 Å². The van der Waals surface area contributed by atoms with Crippen LogP contribution in [0.3, 0.4) is 0 Å². The number of allylic oxidation sites excluding steroid dienone is 3. The molecule has 4 aliphatic carbocycles. The highest BCUT2D eigenvalue weighted by Crippen LogP contribution is 2.67. The molecule has 0 aliphatic heterocycles. The zero-order valence-corrected chi connectivity index (χ0v) is 45.1. The van der Waals surface area contributed by atoms with Gasteiger partial charge < -0.3 is 9.47 Å². The zero-order valence-electron chi connectivity index (χ0n) is 45.1. The summed E-state index contributed by atoms with van der Waals surface area (Å²) < 4.78 is 11.6. The van der Waals surface area contributed by atoms with E-state index < -0.39 is 0 Å². The van der Waals surface area contributed by atoms with Gasteiger partial charge in [-0.2, -0.15) is 0 Å². The molecule has 4 aliphatic rings. The van der Waals surface area contributed by atoms with Crippen molar-refractivity contribution in [3.8, 4) is 0 Å². The third-order valence-electron chi connectivity index (χ3n) is 18.6. The van der Waals surface area contributed by atoms with Crippen molar-refractivity contribution >= 4 is 11.9 Å². The predicted molar refractivity (Wildman–Crippen MR) is 283 cm³/mol. The molecule has 0 N–H and O–H groups in total. The molecule has 0 unspecified atom stereocenters. The van der Waals surface area contributed by atoms with Crippen LogP contribution in [0.1, 0.15) is 292 Å². The number of carbonyl (C=O) groups excluding carboxylic acids is 2. The molecule has 4 heteroatoms. The number of fused-ring (bicyclic) bond motifs is 5. The lowest BCUT2D eigenvalue weighted by molar-refractivity contribution is -0.151. The molecule has 0 spiro atoms. The van der Waals surface area contributed by atoms with E-state index in [-0.39, 0.29) is 23.5 Å². The average Bonchev–Trinajstić information content (AvgIpc) is 3.67. The SMILES string of the molecule is CCCCCCCCCCCCCCCCCCCCCCCCCCCCCC(=O)OCC[C@H](/C=C/[C@@H](C)[C@H]1CC[C@H]2[C@@H]3CC=C4C[C@@H](OC(=O)CC)CC[C@]4(C)[C@H]3CC[C@]12C)C(C)C. The Balaban J connectivity index is 0.960. The molecule has 0 amide bonds. The van der Waals surface area contributed by atoms with Crippen molar-refractivity contribution in [3.63, 3.8) is 0 Å². The van der Waals surface area contributed by atoms with Gasteiger partial charge in [0.1, 0.15) is 6.10 Å². The fourth-order valence-electron chi connectivity index (χ4n) is 14.1. The monoisotopic (exact) mass is 919 g/mol. The van der Waals surface area contributed by atoms with E-state index in [2.05, 4.69) is 59.8 Å². The molecular weight excluding hydrogens is 809 g/mol. The Morgan fingerprint density at radius 2 is 1.14 bits per heavy atom. The number of unbranched alkanes of at least 4 members (excludes halogenated alkanes) is 26. The van der Waals surface area contributed by atoms with Crippen LogP contribution in [-0.4, -0.2) is 24.6 Å².